The summed E-state index contributed by atoms with van der Waals surface area (Å²) in [6.45, 7) is 4.49. The Morgan fingerprint density at radius 1 is 1.21 bits per heavy atom. The first kappa shape index (κ1) is 13.9. The van der Waals surface area contributed by atoms with Crippen molar-refractivity contribution >= 4 is 11.0 Å². The summed E-state index contributed by atoms with van der Waals surface area (Å²) in [4.78, 5) is 8.63. The number of nitrogens with one attached hydrogen (secondary N) is 1. The van der Waals surface area contributed by atoms with E-state index < -0.39 is 0 Å². The zero-order chi connectivity index (χ0) is 13.7. The fourth-order valence-electron chi connectivity index (χ4n) is 2.51. The molecule has 0 bridgehead atoms. The van der Waals surface area contributed by atoms with Gasteiger partial charge in [0.15, 0.2) is 0 Å². The summed E-state index contributed by atoms with van der Waals surface area (Å²) in [7, 11) is 0. The molecule has 102 valence electrons. The van der Waals surface area contributed by atoms with Crippen molar-refractivity contribution in [3.63, 3.8) is 0 Å². The van der Waals surface area contributed by atoms with Crippen LogP contribution in [0.5, 0.6) is 0 Å². The molecule has 0 radical (unpaired) electrons. The van der Waals surface area contributed by atoms with E-state index >= 15 is 0 Å². The van der Waals surface area contributed by atoms with E-state index in [4.69, 9.17) is 5.84 Å². The van der Waals surface area contributed by atoms with Crippen LogP contribution in [0.3, 0.4) is 0 Å². The summed E-state index contributed by atoms with van der Waals surface area (Å²) in [6.07, 6.45) is 6.91. The summed E-state index contributed by atoms with van der Waals surface area (Å²) in [5.74, 6) is 6.36. The molecule has 4 nitrogen and oxygen atoms in total. The highest BCUT2D eigenvalue weighted by Crippen LogP contribution is 2.25. The number of benzene rings is 1. The van der Waals surface area contributed by atoms with Crippen LogP contribution < -0.4 is 11.3 Å². The maximum atomic E-state index is 5.71. The van der Waals surface area contributed by atoms with Crippen molar-refractivity contribution in [3.8, 4) is 0 Å². The third kappa shape index (κ3) is 3.49. The van der Waals surface area contributed by atoms with Crippen molar-refractivity contribution in [3.05, 3.63) is 36.2 Å². The van der Waals surface area contributed by atoms with Gasteiger partial charge in [0.25, 0.3) is 0 Å². The summed E-state index contributed by atoms with van der Waals surface area (Å²) in [5, 5.41) is 0. The summed E-state index contributed by atoms with van der Waals surface area (Å²) < 4.78 is 0. The standard InChI is InChI=1S/C15H22N4/c1-3-4-11(2)9-14(19-16)12-5-6-13-15(10-12)18-8-7-17-13/h5-8,10-11,14,19H,3-4,9,16H2,1-2H3. The molecule has 2 rings (SSSR count). The Hall–Kier alpha value is -1.52. The number of fused-ring (bicyclic) bond motifs is 1. The molecular formula is C15H22N4. The van der Waals surface area contributed by atoms with E-state index in [9.17, 15) is 0 Å². The zero-order valence-corrected chi connectivity index (χ0v) is 11.6. The molecule has 2 atom stereocenters. The first-order valence-corrected chi connectivity index (χ1v) is 6.91. The van der Waals surface area contributed by atoms with Crippen LogP contribution in [-0.2, 0) is 0 Å². The van der Waals surface area contributed by atoms with Crippen LogP contribution in [-0.4, -0.2) is 9.97 Å². The molecule has 1 heterocycles. The van der Waals surface area contributed by atoms with Gasteiger partial charge in [-0.3, -0.25) is 21.2 Å². The third-order valence-corrected chi connectivity index (χ3v) is 3.52. The van der Waals surface area contributed by atoms with Crippen LogP contribution in [0, 0.1) is 5.92 Å². The number of hydrogen-bond acceptors (Lipinski definition) is 4. The van der Waals surface area contributed by atoms with Gasteiger partial charge in [-0.05, 0) is 30.0 Å². The lowest BCUT2D eigenvalue weighted by molar-refractivity contribution is 0.395. The largest absolute Gasteiger partial charge is 0.271 e. The fraction of sp³-hybridized carbons (Fsp3) is 0.467. The van der Waals surface area contributed by atoms with Crippen molar-refractivity contribution < 1.29 is 0 Å². The molecular weight excluding hydrogens is 236 g/mol. The number of nitrogens with zero attached hydrogens (tertiary/aromatic N) is 2. The number of rotatable bonds is 6. The van der Waals surface area contributed by atoms with Crippen molar-refractivity contribution in [1.29, 1.82) is 0 Å². The van der Waals surface area contributed by atoms with Crippen molar-refractivity contribution in [1.82, 2.24) is 15.4 Å². The second kappa shape index (κ2) is 6.59. The lowest BCUT2D eigenvalue weighted by Crippen LogP contribution is -2.29. The molecule has 0 aliphatic rings. The van der Waals surface area contributed by atoms with Crippen LogP contribution in [0.1, 0.15) is 44.7 Å². The highest BCUT2D eigenvalue weighted by molar-refractivity contribution is 5.74. The van der Waals surface area contributed by atoms with E-state index in [0.717, 1.165) is 17.5 Å². The van der Waals surface area contributed by atoms with Gasteiger partial charge in [-0.25, -0.2) is 0 Å². The molecule has 3 N–H and O–H groups in total. The Bertz CT molecular complexity index is 526. The molecule has 4 heteroatoms. The maximum Gasteiger partial charge on any atom is 0.0890 e. The Labute approximate surface area is 114 Å². The lowest BCUT2D eigenvalue weighted by atomic mass is 9.93. The van der Waals surface area contributed by atoms with Gasteiger partial charge in [0, 0.05) is 18.4 Å². The van der Waals surface area contributed by atoms with Crippen molar-refractivity contribution in [2.24, 2.45) is 11.8 Å². The zero-order valence-electron chi connectivity index (χ0n) is 11.6. The third-order valence-electron chi connectivity index (χ3n) is 3.52. The summed E-state index contributed by atoms with van der Waals surface area (Å²) in [5.41, 5.74) is 5.94. The van der Waals surface area contributed by atoms with Gasteiger partial charge in [-0.15, -0.1) is 0 Å². The normalized spacial score (nSPS) is 14.5. The maximum absolute atomic E-state index is 5.71. The number of nitrogens with two attached hydrogens (primary N) is 1. The average Bonchev–Trinajstić information content (AvgIpc) is 2.44. The van der Waals surface area contributed by atoms with Gasteiger partial charge in [0.1, 0.15) is 0 Å². The van der Waals surface area contributed by atoms with Crippen LogP contribution in [0.25, 0.3) is 11.0 Å². The second-order valence-electron chi connectivity index (χ2n) is 5.15. The molecule has 0 amide bonds. The fourth-order valence-corrected chi connectivity index (χ4v) is 2.51. The van der Waals surface area contributed by atoms with Crippen LogP contribution >= 0.6 is 0 Å². The molecule has 0 saturated heterocycles. The van der Waals surface area contributed by atoms with Gasteiger partial charge in [-0.1, -0.05) is 32.8 Å². The van der Waals surface area contributed by atoms with E-state index in [0.29, 0.717) is 5.92 Å². The van der Waals surface area contributed by atoms with Crippen LogP contribution in [0.2, 0.25) is 0 Å². The van der Waals surface area contributed by atoms with E-state index in [1.165, 1.54) is 18.4 Å². The first-order valence-electron chi connectivity index (χ1n) is 6.91. The van der Waals surface area contributed by atoms with Gasteiger partial charge in [0.05, 0.1) is 11.0 Å². The molecule has 0 saturated carbocycles. The van der Waals surface area contributed by atoms with E-state index in [1.807, 2.05) is 6.07 Å². The molecule has 0 spiro atoms. The van der Waals surface area contributed by atoms with Gasteiger partial charge in [-0.2, -0.15) is 0 Å². The highest BCUT2D eigenvalue weighted by Gasteiger charge is 2.14. The molecule has 1 aromatic carbocycles. The summed E-state index contributed by atoms with van der Waals surface area (Å²) in [6, 6.07) is 6.34. The van der Waals surface area contributed by atoms with E-state index in [-0.39, 0.29) is 6.04 Å². The Kier molecular flexibility index (Phi) is 4.82. The summed E-state index contributed by atoms with van der Waals surface area (Å²) >= 11 is 0. The molecule has 0 aliphatic heterocycles. The lowest BCUT2D eigenvalue weighted by Gasteiger charge is -2.20. The molecule has 2 aromatic rings. The predicted octanol–water partition coefficient (Wildman–Crippen LogP) is 2.96. The van der Waals surface area contributed by atoms with Crippen molar-refractivity contribution in [2.45, 2.75) is 39.2 Å². The minimum absolute atomic E-state index is 0.174. The first-order chi connectivity index (χ1) is 9.24. The SMILES string of the molecule is CCCC(C)CC(NN)c1ccc2nccnc2c1. The number of hydrazine groups is 1. The van der Waals surface area contributed by atoms with Gasteiger partial charge < -0.3 is 0 Å². The van der Waals surface area contributed by atoms with Gasteiger partial charge >= 0.3 is 0 Å². The van der Waals surface area contributed by atoms with Gasteiger partial charge in [0.2, 0.25) is 0 Å². The molecule has 2 unspecified atom stereocenters. The predicted molar refractivity (Wildman–Crippen MR) is 78.3 cm³/mol. The Morgan fingerprint density at radius 3 is 2.63 bits per heavy atom. The molecule has 0 aliphatic carbocycles. The minimum atomic E-state index is 0.174. The van der Waals surface area contributed by atoms with Crippen LogP contribution in [0.15, 0.2) is 30.6 Å². The average molecular weight is 258 g/mol. The minimum Gasteiger partial charge on any atom is -0.271 e. The van der Waals surface area contributed by atoms with E-state index in [2.05, 4.69) is 41.4 Å². The molecule has 1 aromatic heterocycles. The number of hydrogen-bond donors (Lipinski definition) is 2. The van der Waals surface area contributed by atoms with Crippen LogP contribution in [0.4, 0.5) is 0 Å². The monoisotopic (exact) mass is 258 g/mol. The topological polar surface area (TPSA) is 63.8 Å². The Balaban J connectivity index is 2.20. The van der Waals surface area contributed by atoms with Crippen molar-refractivity contribution in [2.75, 3.05) is 0 Å². The smallest absolute Gasteiger partial charge is 0.0890 e. The molecule has 0 fully saturated rings. The van der Waals surface area contributed by atoms with E-state index in [1.54, 1.807) is 12.4 Å². The highest BCUT2D eigenvalue weighted by atomic mass is 15.2. The molecule has 19 heavy (non-hydrogen) atoms. The number of aromatic nitrogens is 2. The second-order valence-corrected chi connectivity index (χ2v) is 5.15. The Morgan fingerprint density at radius 2 is 1.95 bits per heavy atom. The quantitative estimate of drug-likeness (QED) is 0.617.